The quantitative estimate of drug-likeness (QED) is 0.777. The van der Waals surface area contributed by atoms with Gasteiger partial charge >= 0.3 is 0 Å². The molecule has 1 aliphatic rings. The molecule has 0 saturated heterocycles. The molecule has 16 heavy (non-hydrogen) atoms. The highest BCUT2D eigenvalue weighted by molar-refractivity contribution is 6.50. The van der Waals surface area contributed by atoms with Crippen molar-refractivity contribution in [2.45, 2.75) is 6.92 Å². The number of Topliss-reactive ketones (excluding diaryl/α,β-unsaturated/α-hetero) is 2. The van der Waals surface area contributed by atoms with Crippen LogP contribution in [0.25, 0.3) is 0 Å². The van der Waals surface area contributed by atoms with Gasteiger partial charge in [-0.05, 0) is 19.1 Å². The number of fused-ring (bicyclic) bond motifs is 1. The van der Waals surface area contributed by atoms with Crippen molar-refractivity contribution < 1.29 is 14.7 Å². The van der Waals surface area contributed by atoms with Gasteiger partial charge < -0.3 is 5.11 Å². The van der Waals surface area contributed by atoms with E-state index in [1.165, 1.54) is 19.1 Å². The maximum atomic E-state index is 11.8. The molecule has 0 atom stereocenters. The number of ketones is 2. The highest BCUT2D eigenvalue weighted by atomic mass is 35.5. The van der Waals surface area contributed by atoms with Gasteiger partial charge in [0.15, 0.2) is 5.78 Å². The van der Waals surface area contributed by atoms with Crippen LogP contribution >= 0.6 is 23.2 Å². The van der Waals surface area contributed by atoms with Gasteiger partial charge in [0, 0.05) is 11.1 Å². The molecule has 0 aliphatic heterocycles. The standard InChI is InChI=1S/C11H6Cl2O3/c1-4-8(13)11(16)7-5(9(4)14)2-3-6(12)10(7)15/h2-3,15H,1H3. The summed E-state index contributed by atoms with van der Waals surface area (Å²) in [5.74, 6) is -1.34. The van der Waals surface area contributed by atoms with Crippen LogP contribution in [0, 0.1) is 0 Å². The van der Waals surface area contributed by atoms with Gasteiger partial charge in [0.1, 0.15) is 5.75 Å². The molecule has 0 amide bonds. The molecule has 0 heterocycles. The van der Waals surface area contributed by atoms with Gasteiger partial charge in [0.05, 0.1) is 15.6 Å². The zero-order valence-electron chi connectivity index (χ0n) is 8.17. The van der Waals surface area contributed by atoms with Crippen molar-refractivity contribution in [3.8, 4) is 5.75 Å². The maximum Gasteiger partial charge on any atom is 0.209 e. The number of carbonyl (C=O) groups is 2. The Bertz CT molecular complexity index is 559. The minimum Gasteiger partial charge on any atom is -0.506 e. The summed E-state index contributed by atoms with van der Waals surface area (Å²) in [6.07, 6.45) is 0. The van der Waals surface area contributed by atoms with Crippen molar-refractivity contribution in [1.29, 1.82) is 0 Å². The lowest BCUT2D eigenvalue weighted by Crippen LogP contribution is -2.18. The summed E-state index contributed by atoms with van der Waals surface area (Å²) < 4.78 is 0. The Morgan fingerprint density at radius 1 is 1.12 bits per heavy atom. The number of hydrogen-bond donors (Lipinski definition) is 1. The molecule has 1 aromatic carbocycles. The largest absolute Gasteiger partial charge is 0.506 e. The van der Waals surface area contributed by atoms with E-state index < -0.39 is 11.5 Å². The van der Waals surface area contributed by atoms with Crippen molar-refractivity contribution in [2.75, 3.05) is 0 Å². The molecule has 0 bridgehead atoms. The Labute approximate surface area is 101 Å². The molecule has 1 aromatic rings. The molecule has 1 N–H and O–H groups in total. The van der Waals surface area contributed by atoms with E-state index in [1.807, 2.05) is 0 Å². The molecule has 0 unspecified atom stereocenters. The number of aromatic hydroxyl groups is 1. The molecule has 82 valence electrons. The van der Waals surface area contributed by atoms with Gasteiger partial charge in [-0.1, -0.05) is 23.2 Å². The van der Waals surface area contributed by atoms with Crippen molar-refractivity contribution in [2.24, 2.45) is 0 Å². The number of phenolic OH excluding ortho intramolecular Hbond substituents is 1. The predicted octanol–water partition coefficient (Wildman–Crippen LogP) is 2.94. The zero-order chi connectivity index (χ0) is 12.0. The molecular formula is C11H6Cl2O3. The Kier molecular flexibility index (Phi) is 2.52. The first kappa shape index (κ1) is 11.2. The molecule has 1 aliphatic carbocycles. The normalized spacial score (nSPS) is 15.4. The van der Waals surface area contributed by atoms with Gasteiger partial charge in [-0.25, -0.2) is 0 Å². The summed E-state index contributed by atoms with van der Waals surface area (Å²) in [5.41, 5.74) is 0.197. The van der Waals surface area contributed by atoms with E-state index in [1.54, 1.807) is 0 Å². The number of phenols is 1. The first-order valence-corrected chi connectivity index (χ1v) is 5.18. The van der Waals surface area contributed by atoms with Crippen LogP contribution in [-0.2, 0) is 0 Å². The Balaban J connectivity index is 2.82. The van der Waals surface area contributed by atoms with Crippen LogP contribution in [-0.4, -0.2) is 16.7 Å². The third kappa shape index (κ3) is 1.36. The molecular weight excluding hydrogens is 251 g/mol. The van der Waals surface area contributed by atoms with E-state index >= 15 is 0 Å². The fourth-order valence-electron chi connectivity index (χ4n) is 1.57. The smallest absolute Gasteiger partial charge is 0.209 e. The molecule has 0 aromatic heterocycles. The second kappa shape index (κ2) is 3.61. The first-order chi connectivity index (χ1) is 7.45. The SMILES string of the molecule is CC1=C(Cl)C(=O)c2c(ccc(Cl)c2O)C1=O. The van der Waals surface area contributed by atoms with E-state index in [0.29, 0.717) is 0 Å². The summed E-state index contributed by atoms with van der Waals surface area (Å²) in [5, 5.41) is 9.50. The Morgan fingerprint density at radius 2 is 1.75 bits per heavy atom. The summed E-state index contributed by atoms with van der Waals surface area (Å²) >= 11 is 11.4. The highest BCUT2D eigenvalue weighted by Crippen LogP contribution is 2.37. The number of allylic oxidation sites excluding steroid dienone is 2. The van der Waals surface area contributed by atoms with Crippen LogP contribution in [0.2, 0.25) is 5.02 Å². The lowest BCUT2D eigenvalue weighted by Gasteiger charge is -2.16. The fourth-order valence-corrected chi connectivity index (χ4v) is 1.90. The van der Waals surface area contributed by atoms with Gasteiger partial charge in [0.25, 0.3) is 0 Å². The maximum absolute atomic E-state index is 11.8. The number of halogens is 2. The van der Waals surface area contributed by atoms with Crippen molar-refractivity contribution >= 4 is 34.8 Å². The minimum absolute atomic E-state index is 0.0175. The van der Waals surface area contributed by atoms with Crippen molar-refractivity contribution in [1.82, 2.24) is 0 Å². The lowest BCUT2D eigenvalue weighted by atomic mass is 9.89. The number of rotatable bonds is 0. The second-order valence-corrected chi connectivity index (χ2v) is 4.20. The lowest BCUT2D eigenvalue weighted by molar-refractivity contribution is 0.0978. The molecule has 5 heteroatoms. The fraction of sp³-hybridized carbons (Fsp3) is 0.0909. The van der Waals surface area contributed by atoms with Crippen LogP contribution in [0.4, 0.5) is 0 Å². The molecule has 2 rings (SSSR count). The van der Waals surface area contributed by atoms with E-state index in [-0.39, 0.29) is 32.5 Å². The van der Waals surface area contributed by atoms with Crippen molar-refractivity contribution in [3.63, 3.8) is 0 Å². The molecule has 0 fully saturated rings. The average molecular weight is 257 g/mol. The van der Waals surface area contributed by atoms with E-state index in [4.69, 9.17) is 23.2 Å². The Hall–Kier alpha value is -1.32. The molecule has 0 saturated carbocycles. The minimum atomic E-state index is -0.575. The zero-order valence-corrected chi connectivity index (χ0v) is 9.69. The average Bonchev–Trinajstić information content (AvgIpc) is 2.27. The predicted molar refractivity (Wildman–Crippen MR) is 60.3 cm³/mol. The van der Waals surface area contributed by atoms with Gasteiger partial charge in [0.2, 0.25) is 5.78 Å². The summed E-state index contributed by atoms with van der Waals surface area (Å²) in [4.78, 5) is 23.6. The van der Waals surface area contributed by atoms with E-state index in [2.05, 4.69) is 0 Å². The van der Waals surface area contributed by atoms with Crippen LogP contribution < -0.4 is 0 Å². The summed E-state index contributed by atoms with van der Waals surface area (Å²) in [7, 11) is 0. The number of benzene rings is 1. The van der Waals surface area contributed by atoms with Crippen molar-refractivity contribution in [3.05, 3.63) is 38.9 Å². The summed E-state index contributed by atoms with van der Waals surface area (Å²) in [6, 6.07) is 2.78. The monoisotopic (exact) mass is 256 g/mol. The summed E-state index contributed by atoms with van der Waals surface area (Å²) in [6.45, 7) is 1.47. The first-order valence-electron chi connectivity index (χ1n) is 4.42. The third-order valence-electron chi connectivity index (χ3n) is 2.47. The number of carbonyl (C=O) groups excluding carboxylic acids is 2. The van der Waals surface area contributed by atoms with Crippen LogP contribution in [0.15, 0.2) is 22.7 Å². The second-order valence-electron chi connectivity index (χ2n) is 3.42. The molecule has 0 spiro atoms. The Morgan fingerprint density at radius 3 is 2.38 bits per heavy atom. The number of hydrogen-bond acceptors (Lipinski definition) is 3. The third-order valence-corrected chi connectivity index (χ3v) is 3.23. The van der Waals surface area contributed by atoms with Crippen LogP contribution in [0.5, 0.6) is 5.75 Å². The van der Waals surface area contributed by atoms with E-state index in [9.17, 15) is 14.7 Å². The van der Waals surface area contributed by atoms with Gasteiger partial charge in [-0.2, -0.15) is 0 Å². The van der Waals surface area contributed by atoms with Crippen LogP contribution in [0.1, 0.15) is 27.6 Å². The van der Waals surface area contributed by atoms with Gasteiger partial charge in [-0.15, -0.1) is 0 Å². The highest BCUT2D eigenvalue weighted by Gasteiger charge is 2.32. The van der Waals surface area contributed by atoms with Gasteiger partial charge in [-0.3, -0.25) is 9.59 Å². The van der Waals surface area contributed by atoms with E-state index in [0.717, 1.165) is 0 Å². The molecule has 3 nitrogen and oxygen atoms in total. The topological polar surface area (TPSA) is 54.4 Å². The van der Waals surface area contributed by atoms with Crippen LogP contribution in [0.3, 0.4) is 0 Å². The molecule has 0 radical (unpaired) electrons.